The van der Waals surface area contributed by atoms with Gasteiger partial charge in [-0.3, -0.25) is 9.69 Å². The number of carbonyl (C=O) groups is 1. The van der Waals surface area contributed by atoms with Gasteiger partial charge < -0.3 is 5.32 Å². The Morgan fingerprint density at radius 2 is 1.63 bits per heavy atom. The van der Waals surface area contributed by atoms with Crippen LogP contribution in [0.4, 0.5) is 0 Å². The summed E-state index contributed by atoms with van der Waals surface area (Å²) in [6.45, 7) is 3.56. The van der Waals surface area contributed by atoms with E-state index in [9.17, 15) is 13.2 Å². The zero-order chi connectivity index (χ0) is 21.0. The highest BCUT2D eigenvalue weighted by atomic mass is 32.2. The van der Waals surface area contributed by atoms with Gasteiger partial charge >= 0.3 is 0 Å². The number of nitrogens with one attached hydrogen (secondary N) is 1. The van der Waals surface area contributed by atoms with E-state index in [-0.39, 0.29) is 21.7 Å². The molecule has 1 N–H and O–H groups in total. The van der Waals surface area contributed by atoms with Gasteiger partial charge in [-0.25, -0.2) is 8.42 Å². The third kappa shape index (κ3) is 4.61. The summed E-state index contributed by atoms with van der Waals surface area (Å²) in [7, 11) is -3.63. The van der Waals surface area contributed by atoms with Crippen molar-refractivity contribution in [3.63, 3.8) is 0 Å². The van der Waals surface area contributed by atoms with E-state index in [1.165, 1.54) is 34.0 Å². The molecule has 1 atom stereocenters. The van der Waals surface area contributed by atoms with Crippen LogP contribution < -0.4 is 5.32 Å². The van der Waals surface area contributed by atoms with Crippen molar-refractivity contribution in [3.05, 3.63) is 52.2 Å². The number of benzene rings is 1. The molecule has 0 aliphatic carbocycles. The number of hydrogen-bond acceptors (Lipinski definition) is 5. The molecule has 2 saturated heterocycles. The highest BCUT2D eigenvalue weighted by molar-refractivity contribution is 7.89. The van der Waals surface area contributed by atoms with E-state index >= 15 is 0 Å². The van der Waals surface area contributed by atoms with Crippen LogP contribution in [0.5, 0.6) is 0 Å². The molecule has 1 unspecified atom stereocenters. The monoisotopic (exact) mass is 447 g/mol. The summed E-state index contributed by atoms with van der Waals surface area (Å²) in [6.07, 6.45) is 5.14. The fourth-order valence-corrected chi connectivity index (χ4v) is 7.20. The maximum absolute atomic E-state index is 13.1. The van der Waals surface area contributed by atoms with Gasteiger partial charge in [0.15, 0.2) is 0 Å². The summed E-state index contributed by atoms with van der Waals surface area (Å²) in [5.74, 6) is -0.305. The second-order valence-corrected chi connectivity index (χ2v) is 10.8. The van der Waals surface area contributed by atoms with Gasteiger partial charge in [0.25, 0.3) is 5.91 Å². The van der Waals surface area contributed by atoms with Gasteiger partial charge in [0, 0.05) is 19.6 Å². The normalized spacial score (nSPS) is 19.6. The predicted molar refractivity (Wildman–Crippen MR) is 119 cm³/mol. The zero-order valence-corrected chi connectivity index (χ0v) is 18.8. The molecule has 0 radical (unpaired) electrons. The lowest BCUT2D eigenvalue weighted by Gasteiger charge is -2.28. The average Bonchev–Trinajstić information content (AvgIpc) is 3.48. The minimum absolute atomic E-state index is 0.0970. The van der Waals surface area contributed by atoms with E-state index in [0.29, 0.717) is 19.6 Å². The minimum Gasteiger partial charge on any atom is -0.349 e. The largest absolute Gasteiger partial charge is 0.349 e. The number of thiophene rings is 1. The molecule has 2 aliphatic rings. The van der Waals surface area contributed by atoms with Crippen molar-refractivity contribution >= 4 is 27.3 Å². The van der Waals surface area contributed by atoms with Crippen LogP contribution in [0.1, 0.15) is 53.4 Å². The number of carbonyl (C=O) groups excluding carboxylic acids is 1. The summed E-state index contributed by atoms with van der Waals surface area (Å²) in [5, 5.41) is 4.72. The van der Waals surface area contributed by atoms with Crippen LogP contribution in [-0.4, -0.2) is 56.3 Å². The fourth-order valence-electron chi connectivity index (χ4n) is 4.37. The predicted octanol–water partition coefficient (Wildman–Crippen LogP) is 3.49. The number of amides is 1. The molecule has 3 heterocycles. The van der Waals surface area contributed by atoms with Gasteiger partial charge in [-0.2, -0.15) is 4.31 Å². The Morgan fingerprint density at radius 1 is 0.967 bits per heavy atom. The molecule has 0 bridgehead atoms. The summed E-state index contributed by atoms with van der Waals surface area (Å²) < 4.78 is 27.7. The van der Waals surface area contributed by atoms with E-state index in [1.807, 2.05) is 18.2 Å². The molecular formula is C22H29N3O3S2. The molecule has 1 amide bonds. The van der Waals surface area contributed by atoms with E-state index in [4.69, 9.17) is 0 Å². The number of rotatable bonds is 7. The van der Waals surface area contributed by atoms with Crippen molar-refractivity contribution in [3.8, 4) is 0 Å². The van der Waals surface area contributed by atoms with Crippen LogP contribution in [-0.2, 0) is 10.0 Å². The van der Waals surface area contributed by atoms with Crippen LogP contribution in [0.15, 0.2) is 46.7 Å². The molecular weight excluding hydrogens is 418 g/mol. The van der Waals surface area contributed by atoms with Crippen molar-refractivity contribution in [2.24, 2.45) is 0 Å². The third-order valence-electron chi connectivity index (χ3n) is 5.99. The molecule has 2 aliphatic heterocycles. The highest BCUT2D eigenvalue weighted by Crippen LogP contribution is 2.28. The maximum atomic E-state index is 13.1. The molecule has 1 aromatic carbocycles. The SMILES string of the molecule is O=C(NCC(c1ccccc1)N1CCCC1)c1sccc1S(=O)(=O)N1CCCCC1. The lowest BCUT2D eigenvalue weighted by atomic mass is 10.1. The number of hydrogen-bond donors (Lipinski definition) is 1. The lowest BCUT2D eigenvalue weighted by Crippen LogP contribution is -2.38. The third-order valence-corrected chi connectivity index (χ3v) is 8.97. The van der Waals surface area contributed by atoms with Crippen molar-refractivity contribution in [1.29, 1.82) is 0 Å². The first-order chi connectivity index (χ1) is 14.6. The average molecular weight is 448 g/mol. The topological polar surface area (TPSA) is 69.7 Å². The molecule has 1 aromatic heterocycles. The van der Waals surface area contributed by atoms with E-state index in [1.54, 1.807) is 11.4 Å². The van der Waals surface area contributed by atoms with Gasteiger partial charge in [0.2, 0.25) is 10.0 Å². The van der Waals surface area contributed by atoms with E-state index in [0.717, 1.165) is 32.4 Å². The Labute approximate surface area is 182 Å². The second kappa shape index (κ2) is 9.60. The lowest BCUT2D eigenvalue weighted by molar-refractivity contribution is 0.0939. The van der Waals surface area contributed by atoms with Gasteiger partial charge in [-0.15, -0.1) is 11.3 Å². The Balaban J connectivity index is 1.49. The van der Waals surface area contributed by atoms with Crippen molar-refractivity contribution in [1.82, 2.24) is 14.5 Å². The Bertz CT molecular complexity index is 947. The maximum Gasteiger partial charge on any atom is 0.262 e. The Hall–Kier alpha value is -1.74. The highest BCUT2D eigenvalue weighted by Gasteiger charge is 2.31. The Morgan fingerprint density at radius 3 is 2.33 bits per heavy atom. The quantitative estimate of drug-likeness (QED) is 0.705. The Kier molecular flexibility index (Phi) is 6.87. The molecule has 8 heteroatoms. The molecule has 30 heavy (non-hydrogen) atoms. The minimum atomic E-state index is -3.63. The zero-order valence-electron chi connectivity index (χ0n) is 17.1. The van der Waals surface area contributed by atoms with Crippen LogP contribution in [0, 0.1) is 0 Å². The summed E-state index contributed by atoms with van der Waals surface area (Å²) in [4.78, 5) is 15.8. The van der Waals surface area contributed by atoms with Gasteiger partial charge in [-0.1, -0.05) is 36.8 Å². The van der Waals surface area contributed by atoms with Crippen molar-refractivity contribution < 1.29 is 13.2 Å². The first-order valence-electron chi connectivity index (χ1n) is 10.7. The number of piperidine rings is 1. The van der Waals surface area contributed by atoms with E-state index in [2.05, 4.69) is 22.3 Å². The van der Waals surface area contributed by atoms with Crippen LogP contribution >= 0.6 is 11.3 Å². The summed E-state index contributed by atoms with van der Waals surface area (Å²) in [6, 6.07) is 11.9. The van der Waals surface area contributed by atoms with Gasteiger partial charge in [0.05, 0.1) is 6.04 Å². The molecule has 162 valence electrons. The van der Waals surface area contributed by atoms with E-state index < -0.39 is 10.0 Å². The molecule has 6 nitrogen and oxygen atoms in total. The summed E-state index contributed by atoms with van der Waals surface area (Å²) >= 11 is 1.20. The smallest absolute Gasteiger partial charge is 0.262 e. The van der Waals surface area contributed by atoms with Crippen molar-refractivity contribution in [2.45, 2.75) is 43.0 Å². The standard InChI is InChI=1S/C22H29N3O3S2/c26-22(21-20(11-16-29-21)30(27,28)25-14-5-2-6-15-25)23-17-19(24-12-7-8-13-24)18-9-3-1-4-10-18/h1,3-4,9-11,16,19H,2,5-8,12-15,17H2,(H,23,26). The molecule has 0 spiro atoms. The van der Waals surface area contributed by atoms with Gasteiger partial charge in [0.1, 0.15) is 9.77 Å². The van der Waals surface area contributed by atoms with Crippen LogP contribution in [0.3, 0.4) is 0 Å². The van der Waals surface area contributed by atoms with Gasteiger partial charge in [-0.05, 0) is 55.8 Å². The van der Waals surface area contributed by atoms with Crippen molar-refractivity contribution in [2.75, 3.05) is 32.7 Å². The molecule has 2 fully saturated rings. The number of nitrogens with zero attached hydrogens (tertiary/aromatic N) is 2. The molecule has 2 aromatic rings. The first-order valence-corrected chi connectivity index (χ1v) is 13.0. The van der Waals surface area contributed by atoms with Crippen LogP contribution in [0.2, 0.25) is 0 Å². The molecule has 0 saturated carbocycles. The number of likely N-dealkylation sites (tertiary alicyclic amines) is 1. The summed E-state index contributed by atoms with van der Waals surface area (Å²) in [5.41, 5.74) is 1.17. The first kappa shape index (κ1) is 21.5. The van der Waals surface area contributed by atoms with Crippen LogP contribution in [0.25, 0.3) is 0 Å². The number of sulfonamides is 1. The second-order valence-electron chi connectivity index (χ2n) is 7.96. The molecule has 4 rings (SSSR count). The fraction of sp³-hybridized carbons (Fsp3) is 0.500.